The second kappa shape index (κ2) is 10.0. The van der Waals surface area contributed by atoms with Crippen molar-refractivity contribution in [2.24, 2.45) is 5.41 Å². The van der Waals surface area contributed by atoms with E-state index in [1.54, 1.807) is 11.9 Å². The molecule has 0 amide bonds. The molecule has 5 nitrogen and oxygen atoms in total. The minimum absolute atomic E-state index is 0.253. The van der Waals surface area contributed by atoms with E-state index in [2.05, 4.69) is 23.6 Å². The first-order chi connectivity index (χ1) is 14.1. The number of hydrogen-bond donors (Lipinski definition) is 2. The Hall–Kier alpha value is -1.79. The van der Waals surface area contributed by atoms with Crippen molar-refractivity contribution in [3.8, 4) is 0 Å². The number of H-pyrrole nitrogens is 1. The van der Waals surface area contributed by atoms with Crippen LogP contribution in [0.3, 0.4) is 0 Å². The van der Waals surface area contributed by atoms with Gasteiger partial charge in [0.05, 0.1) is 16.4 Å². The zero-order valence-electron chi connectivity index (χ0n) is 19.5. The first-order valence-corrected chi connectivity index (χ1v) is 11.8. The average molecular weight is 432 g/mol. The van der Waals surface area contributed by atoms with Crippen molar-refractivity contribution >= 4 is 22.9 Å². The van der Waals surface area contributed by atoms with Crippen LogP contribution in [0.2, 0.25) is 0 Å². The molecule has 0 fully saturated rings. The van der Waals surface area contributed by atoms with Gasteiger partial charge in [-0.3, -0.25) is 14.1 Å². The molecule has 1 unspecified atom stereocenters. The SMILES string of the molecule is C/C=C/C(C)(C)C(C)(C)n1c(=O)[nH]c2ccc(SNC(CC)CCCC)cc2c1=O. The van der Waals surface area contributed by atoms with Crippen LogP contribution in [0.1, 0.15) is 74.1 Å². The quantitative estimate of drug-likeness (QED) is 0.380. The Bertz CT molecular complexity index is 1000. The van der Waals surface area contributed by atoms with Crippen LogP contribution in [0, 0.1) is 5.41 Å². The lowest BCUT2D eigenvalue weighted by atomic mass is 9.74. The Balaban J connectivity index is 2.47. The average Bonchev–Trinajstić information content (AvgIpc) is 2.68. The largest absolute Gasteiger partial charge is 0.329 e. The van der Waals surface area contributed by atoms with Gasteiger partial charge in [0.2, 0.25) is 0 Å². The fourth-order valence-electron chi connectivity index (χ4n) is 3.62. The molecular weight excluding hydrogens is 394 g/mol. The second-order valence-electron chi connectivity index (χ2n) is 9.03. The molecule has 0 saturated heterocycles. The third-order valence-electron chi connectivity index (χ3n) is 6.33. The van der Waals surface area contributed by atoms with Gasteiger partial charge in [0, 0.05) is 16.4 Å². The van der Waals surface area contributed by atoms with Gasteiger partial charge in [0.25, 0.3) is 5.56 Å². The summed E-state index contributed by atoms with van der Waals surface area (Å²) in [6.45, 7) is 14.3. The van der Waals surface area contributed by atoms with E-state index in [9.17, 15) is 9.59 Å². The number of allylic oxidation sites excluding steroid dienone is 2. The number of rotatable bonds is 10. The van der Waals surface area contributed by atoms with Crippen LogP contribution < -0.4 is 16.0 Å². The summed E-state index contributed by atoms with van der Waals surface area (Å²) in [5, 5.41) is 0.535. The third-order valence-corrected chi connectivity index (χ3v) is 7.27. The van der Waals surface area contributed by atoms with Crippen molar-refractivity contribution in [3.63, 3.8) is 0 Å². The molecule has 0 aliphatic heterocycles. The maximum atomic E-state index is 13.4. The zero-order chi connectivity index (χ0) is 22.5. The van der Waals surface area contributed by atoms with E-state index in [4.69, 9.17) is 0 Å². The molecule has 2 aromatic rings. The number of aromatic nitrogens is 2. The van der Waals surface area contributed by atoms with E-state index in [1.165, 1.54) is 17.4 Å². The van der Waals surface area contributed by atoms with Gasteiger partial charge in [-0.25, -0.2) is 4.79 Å². The summed E-state index contributed by atoms with van der Waals surface area (Å²) in [6, 6.07) is 6.09. The minimum Gasteiger partial charge on any atom is -0.307 e. The second-order valence-corrected chi connectivity index (χ2v) is 9.94. The molecule has 1 aromatic heterocycles. The summed E-state index contributed by atoms with van der Waals surface area (Å²) in [7, 11) is 0. The summed E-state index contributed by atoms with van der Waals surface area (Å²) in [5.74, 6) is 0. The van der Waals surface area contributed by atoms with Crippen molar-refractivity contribution in [1.82, 2.24) is 14.3 Å². The van der Waals surface area contributed by atoms with Crippen molar-refractivity contribution in [2.45, 2.75) is 90.6 Å². The van der Waals surface area contributed by atoms with E-state index in [0.717, 1.165) is 17.7 Å². The third kappa shape index (κ3) is 5.09. The number of aromatic amines is 1. The smallest absolute Gasteiger partial charge is 0.307 e. The first-order valence-electron chi connectivity index (χ1n) is 10.9. The van der Waals surface area contributed by atoms with E-state index >= 15 is 0 Å². The molecule has 30 heavy (non-hydrogen) atoms. The van der Waals surface area contributed by atoms with E-state index in [1.807, 2.05) is 65.0 Å². The number of nitrogens with one attached hydrogen (secondary N) is 2. The van der Waals surface area contributed by atoms with Crippen LogP contribution in [-0.4, -0.2) is 15.6 Å². The molecule has 0 radical (unpaired) electrons. The zero-order valence-corrected chi connectivity index (χ0v) is 20.3. The maximum Gasteiger partial charge on any atom is 0.329 e. The minimum atomic E-state index is -0.701. The summed E-state index contributed by atoms with van der Waals surface area (Å²) < 4.78 is 4.90. The highest BCUT2D eigenvalue weighted by atomic mass is 32.2. The molecule has 6 heteroatoms. The predicted molar refractivity (Wildman–Crippen MR) is 129 cm³/mol. The molecule has 0 aliphatic carbocycles. The number of unbranched alkanes of at least 4 members (excludes halogenated alkanes) is 1. The van der Waals surface area contributed by atoms with Crippen molar-refractivity contribution < 1.29 is 0 Å². The van der Waals surface area contributed by atoms with Crippen molar-refractivity contribution in [1.29, 1.82) is 0 Å². The van der Waals surface area contributed by atoms with Crippen LogP contribution in [-0.2, 0) is 5.54 Å². The Kier molecular flexibility index (Phi) is 8.17. The number of nitrogens with zero attached hydrogens (tertiary/aromatic N) is 1. The molecule has 0 bridgehead atoms. The fourth-order valence-corrected chi connectivity index (χ4v) is 4.52. The number of hydrogen-bond acceptors (Lipinski definition) is 4. The highest BCUT2D eigenvalue weighted by Gasteiger charge is 2.39. The molecule has 1 aromatic carbocycles. The van der Waals surface area contributed by atoms with E-state index < -0.39 is 5.54 Å². The van der Waals surface area contributed by atoms with E-state index in [-0.39, 0.29) is 16.7 Å². The van der Waals surface area contributed by atoms with Crippen LogP contribution >= 0.6 is 11.9 Å². The standard InChI is InChI=1S/C24H37N3O2S/c1-8-11-12-17(10-3)26-30-18-13-14-20-19(16-18)21(28)27(22(29)25-20)24(6,7)23(4,5)15-9-2/h9,13-17,26H,8,10-12H2,1-7H3,(H,25,29)/b15-9+. The van der Waals surface area contributed by atoms with Gasteiger partial charge >= 0.3 is 5.69 Å². The fraction of sp³-hybridized carbons (Fsp3) is 0.583. The van der Waals surface area contributed by atoms with Gasteiger partial charge < -0.3 is 4.98 Å². The topological polar surface area (TPSA) is 66.9 Å². The van der Waals surface area contributed by atoms with Gasteiger partial charge in [0.1, 0.15) is 0 Å². The Morgan fingerprint density at radius 3 is 2.50 bits per heavy atom. The highest BCUT2D eigenvalue weighted by molar-refractivity contribution is 7.97. The summed E-state index contributed by atoms with van der Waals surface area (Å²) in [6.07, 6.45) is 8.60. The number of benzene rings is 1. The lowest BCUT2D eigenvalue weighted by Crippen LogP contribution is -2.52. The molecular formula is C24H37N3O2S. The van der Waals surface area contributed by atoms with Gasteiger partial charge in [-0.1, -0.05) is 52.7 Å². The van der Waals surface area contributed by atoms with Gasteiger partial charge in [-0.2, -0.15) is 0 Å². The Labute approximate surface area is 184 Å². The van der Waals surface area contributed by atoms with Gasteiger partial charge in [0.15, 0.2) is 0 Å². The lowest BCUT2D eigenvalue weighted by molar-refractivity contribution is 0.160. The monoisotopic (exact) mass is 431 g/mol. The maximum absolute atomic E-state index is 13.4. The van der Waals surface area contributed by atoms with E-state index in [0.29, 0.717) is 16.9 Å². The van der Waals surface area contributed by atoms with Gasteiger partial charge in [-0.15, -0.1) is 0 Å². The molecule has 166 valence electrons. The molecule has 0 saturated carbocycles. The summed E-state index contributed by atoms with van der Waals surface area (Å²) >= 11 is 1.56. The highest BCUT2D eigenvalue weighted by Crippen LogP contribution is 2.36. The normalized spacial score (nSPS) is 14.0. The van der Waals surface area contributed by atoms with Crippen molar-refractivity contribution in [2.75, 3.05) is 0 Å². The molecule has 0 spiro atoms. The molecule has 1 heterocycles. The van der Waals surface area contributed by atoms with Crippen LogP contribution in [0.4, 0.5) is 0 Å². The Morgan fingerprint density at radius 1 is 1.20 bits per heavy atom. The lowest BCUT2D eigenvalue weighted by Gasteiger charge is -2.40. The molecule has 2 rings (SSSR count). The molecule has 1 atom stereocenters. The molecule has 0 aliphatic rings. The number of fused-ring (bicyclic) bond motifs is 1. The van der Waals surface area contributed by atoms with Crippen LogP contribution in [0.15, 0.2) is 44.8 Å². The van der Waals surface area contributed by atoms with Gasteiger partial charge in [-0.05, 0) is 63.8 Å². The molecule has 2 N–H and O–H groups in total. The summed E-state index contributed by atoms with van der Waals surface area (Å²) in [4.78, 5) is 30.2. The first kappa shape index (κ1) is 24.5. The van der Waals surface area contributed by atoms with Crippen LogP contribution in [0.25, 0.3) is 10.9 Å². The predicted octanol–water partition coefficient (Wildman–Crippen LogP) is 5.59. The Morgan fingerprint density at radius 2 is 1.90 bits per heavy atom. The van der Waals surface area contributed by atoms with Crippen LogP contribution in [0.5, 0.6) is 0 Å². The van der Waals surface area contributed by atoms with Crippen molar-refractivity contribution in [3.05, 3.63) is 51.2 Å². The summed E-state index contributed by atoms with van der Waals surface area (Å²) in [5.41, 5.74) is -1.14.